The van der Waals surface area contributed by atoms with Gasteiger partial charge in [-0.25, -0.2) is 0 Å². The molecular weight excluding hydrogens is 319 g/mol. The number of carbonyl (C=O) groups is 2. The molecule has 128 valence electrons. The van der Waals surface area contributed by atoms with Crippen molar-refractivity contribution in [1.29, 1.82) is 0 Å². The fourth-order valence-corrected chi connectivity index (χ4v) is 4.53. The van der Waals surface area contributed by atoms with E-state index in [2.05, 4.69) is 0 Å². The van der Waals surface area contributed by atoms with E-state index in [4.69, 9.17) is 14.0 Å². The van der Waals surface area contributed by atoms with Crippen molar-refractivity contribution in [2.24, 2.45) is 0 Å². The van der Waals surface area contributed by atoms with Crippen LogP contribution in [0.2, 0.25) is 0 Å². The lowest BCUT2D eigenvalue weighted by Crippen LogP contribution is -2.32. The minimum atomic E-state index is -3.62. The molecule has 0 fully saturated rings. The van der Waals surface area contributed by atoms with Crippen molar-refractivity contribution in [2.75, 3.05) is 19.8 Å². The number of rotatable bonds is 9. The maximum Gasteiger partial charge on any atom is 0.319 e. The standard InChI is InChI=1S/C16H23O6P/c1-4-20-15(17)12-14(16(18)21-5-2)23(19,22-6-3)13-10-8-7-9-11-13/h7-11,14H,4-6,12H2,1-3H3. The van der Waals surface area contributed by atoms with E-state index in [0.717, 1.165) is 0 Å². The third kappa shape index (κ3) is 5.19. The van der Waals surface area contributed by atoms with Gasteiger partial charge in [0.05, 0.1) is 26.2 Å². The van der Waals surface area contributed by atoms with Crippen LogP contribution in [0.4, 0.5) is 0 Å². The van der Waals surface area contributed by atoms with Gasteiger partial charge in [-0.2, -0.15) is 0 Å². The van der Waals surface area contributed by atoms with Crippen molar-refractivity contribution in [1.82, 2.24) is 0 Å². The Morgan fingerprint density at radius 2 is 1.61 bits per heavy atom. The van der Waals surface area contributed by atoms with Gasteiger partial charge in [0.1, 0.15) is 5.66 Å². The summed E-state index contributed by atoms with van der Waals surface area (Å²) in [4.78, 5) is 24.1. The SMILES string of the molecule is CCOC(=O)CC(C(=O)OCC)P(=O)(OCC)c1ccccc1. The van der Waals surface area contributed by atoms with Crippen molar-refractivity contribution in [3.8, 4) is 0 Å². The van der Waals surface area contributed by atoms with Gasteiger partial charge in [-0.1, -0.05) is 18.2 Å². The fraction of sp³-hybridized carbons (Fsp3) is 0.500. The van der Waals surface area contributed by atoms with E-state index in [9.17, 15) is 14.2 Å². The van der Waals surface area contributed by atoms with Crippen LogP contribution in [0.15, 0.2) is 30.3 Å². The maximum absolute atomic E-state index is 13.4. The summed E-state index contributed by atoms with van der Waals surface area (Å²) in [6.07, 6.45) is -0.348. The van der Waals surface area contributed by atoms with Crippen molar-refractivity contribution in [3.05, 3.63) is 30.3 Å². The van der Waals surface area contributed by atoms with Gasteiger partial charge in [0.15, 0.2) is 0 Å². The summed E-state index contributed by atoms with van der Waals surface area (Å²) in [5, 5.41) is 0.379. The Balaban J connectivity index is 3.24. The molecule has 0 aromatic heterocycles. The Morgan fingerprint density at radius 1 is 1.00 bits per heavy atom. The highest BCUT2D eigenvalue weighted by Gasteiger charge is 2.43. The smallest absolute Gasteiger partial charge is 0.319 e. The van der Waals surface area contributed by atoms with Crippen molar-refractivity contribution >= 4 is 24.6 Å². The highest BCUT2D eigenvalue weighted by molar-refractivity contribution is 7.68. The van der Waals surface area contributed by atoms with E-state index in [1.165, 1.54) is 0 Å². The number of carbonyl (C=O) groups excluding carboxylic acids is 2. The molecule has 0 bridgehead atoms. The van der Waals surface area contributed by atoms with E-state index in [1.807, 2.05) is 0 Å². The summed E-state index contributed by atoms with van der Waals surface area (Å²) in [5.74, 6) is -1.33. The normalized spacial score (nSPS) is 14.6. The second-order valence-corrected chi connectivity index (χ2v) is 7.22. The predicted octanol–water partition coefficient (Wildman–Crippen LogP) is 2.51. The van der Waals surface area contributed by atoms with Gasteiger partial charge >= 0.3 is 11.9 Å². The number of hydrogen-bond donors (Lipinski definition) is 0. The molecule has 0 aliphatic heterocycles. The zero-order valence-electron chi connectivity index (χ0n) is 13.7. The minimum Gasteiger partial charge on any atom is -0.466 e. The molecule has 0 aliphatic carbocycles. The van der Waals surface area contributed by atoms with E-state index in [-0.39, 0.29) is 26.2 Å². The van der Waals surface area contributed by atoms with Gasteiger partial charge in [0.2, 0.25) is 7.37 Å². The van der Waals surface area contributed by atoms with Crippen LogP contribution in [0.5, 0.6) is 0 Å². The molecule has 2 atom stereocenters. The zero-order chi connectivity index (χ0) is 17.3. The number of esters is 2. The first-order chi connectivity index (χ1) is 11.0. The Kier molecular flexibility index (Phi) is 8.00. The second-order valence-electron chi connectivity index (χ2n) is 4.63. The van der Waals surface area contributed by atoms with Crippen molar-refractivity contribution < 1.29 is 28.2 Å². The van der Waals surface area contributed by atoms with E-state index >= 15 is 0 Å². The Morgan fingerprint density at radius 3 is 2.13 bits per heavy atom. The molecule has 0 amide bonds. The molecule has 23 heavy (non-hydrogen) atoms. The van der Waals surface area contributed by atoms with Crippen LogP contribution >= 0.6 is 7.37 Å². The molecule has 0 N–H and O–H groups in total. The summed E-state index contributed by atoms with van der Waals surface area (Å²) < 4.78 is 28.8. The first-order valence-corrected chi connectivity index (χ1v) is 9.31. The molecule has 0 saturated carbocycles. The quantitative estimate of drug-likeness (QED) is 0.507. The van der Waals surface area contributed by atoms with Crippen LogP contribution in [-0.2, 0) is 28.2 Å². The molecule has 1 aromatic carbocycles. The third-order valence-corrected chi connectivity index (χ3v) is 5.95. The summed E-state index contributed by atoms with van der Waals surface area (Å²) in [6.45, 7) is 5.44. The van der Waals surface area contributed by atoms with Crippen LogP contribution in [0.1, 0.15) is 27.2 Å². The van der Waals surface area contributed by atoms with E-state index < -0.39 is 25.0 Å². The predicted molar refractivity (Wildman–Crippen MR) is 87.0 cm³/mol. The average Bonchev–Trinajstić information content (AvgIpc) is 2.54. The van der Waals surface area contributed by atoms with Crippen LogP contribution < -0.4 is 5.30 Å². The lowest BCUT2D eigenvalue weighted by molar-refractivity contribution is -0.149. The van der Waals surface area contributed by atoms with E-state index in [0.29, 0.717) is 5.30 Å². The lowest BCUT2D eigenvalue weighted by atomic mass is 10.3. The van der Waals surface area contributed by atoms with Crippen molar-refractivity contribution in [3.63, 3.8) is 0 Å². The molecule has 7 heteroatoms. The molecule has 1 aromatic rings. The first kappa shape index (κ1) is 19.4. The van der Waals surface area contributed by atoms with Crippen LogP contribution in [-0.4, -0.2) is 37.4 Å². The molecule has 0 saturated heterocycles. The number of hydrogen-bond acceptors (Lipinski definition) is 6. The third-order valence-electron chi connectivity index (χ3n) is 3.07. The molecule has 0 radical (unpaired) electrons. The van der Waals surface area contributed by atoms with Crippen LogP contribution in [0, 0.1) is 0 Å². The molecule has 0 spiro atoms. The number of benzene rings is 1. The summed E-state index contributed by atoms with van der Waals surface area (Å²) in [5.41, 5.74) is -1.22. The van der Waals surface area contributed by atoms with Crippen LogP contribution in [0.25, 0.3) is 0 Å². The molecule has 1 rings (SSSR count). The van der Waals surface area contributed by atoms with Crippen LogP contribution in [0.3, 0.4) is 0 Å². The van der Waals surface area contributed by atoms with Gasteiger partial charge in [0.25, 0.3) is 0 Å². The highest BCUT2D eigenvalue weighted by atomic mass is 31.2. The van der Waals surface area contributed by atoms with Gasteiger partial charge in [-0.05, 0) is 32.9 Å². The fourth-order valence-electron chi connectivity index (χ4n) is 2.13. The van der Waals surface area contributed by atoms with Gasteiger partial charge < -0.3 is 14.0 Å². The lowest BCUT2D eigenvalue weighted by Gasteiger charge is -2.25. The Bertz CT molecular complexity index is 557. The monoisotopic (exact) mass is 342 g/mol. The summed E-state index contributed by atoms with van der Waals surface area (Å²) in [6, 6.07) is 8.41. The van der Waals surface area contributed by atoms with Crippen molar-refractivity contribution in [2.45, 2.75) is 32.9 Å². The Hall–Kier alpha value is -1.65. The maximum atomic E-state index is 13.4. The average molecular weight is 342 g/mol. The molecule has 2 unspecified atom stereocenters. The molecular formula is C16H23O6P. The molecule has 0 aliphatic rings. The topological polar surface area (TPSA) is 78.9 Å². The van der Waals surface area contributed by atoms with Gasteiger partial charge in [0, 0.05) is 5.30 Å². The number of ether oxygens (including phenoxy) is 2. The highest BCUT2D eigenvalue weighted by Crippen LogP contribution is 2.52. The zero-order valence-corrected chi connectivity index (χ0v) is 14.6. The largest absolute Gasteiger partial charge is 0.466 e. The summed E-state index contributed by atoms with van der Waals surface area (Å²) in [7, 11) is -3.62. The molecule has 0 heterocycles. The van der Waals surface area contributed by atoms with Gasteiger partial charge in [-0.3, -0.25) is 14.2 Å². The van der Waals surface area contributed by atoms with Gasteiger partial charge in [-0.15, -0.1) is 0 Å². The van der Waals surface area contributed by atoms with E-state index in [1.54, 1.807) is 51.1 Å². The second kappa shape index (κ2) is 9.48. The Labute approximate surface area is 136 Å². The summed E-state index contributed by atoms with van der Waals surface area (Å²) >= 11 is 0. The molecule has 6 nitrogen and oxygen atoms in total. The first-order valence-electron chi connectivity index (χ1n) is 7.61. The minimum absolute atomic E-state index is 0.124.